The van der Waals surface area contributed by atoms with Gasteiger partial charge in [0.25, 0.3) is 5.91 Å². The molecule has 0 saturated carbocycles. The van der Waals surface area contributed by atoms with Gasteiger partial charge in [-0.1, -0.05) is 6.07 Å². The van der Waals surface area contributed by atoms with E-state index in [-0.39, 0.29) is 5.69 Å². The number of alkyl halides is 3. The van der Waals surface area contributed by atoms with Gasteiger partial charge in [-0.25, -0.2) is 4.98 Å². The van der Waals surface area contributed by atoms with Gasteiger partial charge in [0.2, 0.25) is 5.88 Å². The van der Waals surface area contributed by atoms with E-state index in [1.807, 2.05) is 0 Å². The number of carbonyl (C=O) groups is 1. The Morgan fingerprint density at radius 2 is 2.24 bits per heavy atom. The summed E-state index contributed by atoms with van der Waals surface area (Å²) in [5.74, 6) is -0.103. The van der Waals surface area contributed by atoms with E-state index < -0.39 is 24.7 Å². The summed E-state index contributed by atoms with van der Waals surface area (Å²) in [5.41, 5.74) is 1.41. The third-order valence-electron chi connectivity index (χ3n) is 3.95. The maximum absolute atomic E-state index is 12.6. The normalized spacial score (nSPS) is 17.0. The van der Waals surface area contributed by atoms with E-state index in [0.29, 0.717) is 24.4 Å². The molecule has 25 heavy (non-hydrogen) atoms. The summed E-state index contributed by atoms with van der Waals surface area (Å²) in [6.07, 6.45) is -0.896. The molecule has 0 bridgehead atoms. The number of carbonyl (C=O) groups excluding carboxylic acids is 1. The lowest BCUT2D eigenvalue weighted by Crippen LogP contribution is -2.31. The molecule has 0 aliphatic heterocycles. The first-order valence-electron chi connectivity index (χ1n) is 7.80. The Kier molecular flexibility index (Phi) is 4.65. The van der Waals surface area contributed by atoms with Crippen molar-refractivity contribution in [1.29, 1.82) is 0 Å². The zero-order chi connectivity index (χ0) is 18.0. The topological polar surface area (TPSA) is 69.0 Å². The Morgan fingerprint density at radius 3 is 2.96 bits per heavy atom. The smallest absolute Gasteiger partial charge is 0.408 e. The number of fused-ring (bicyclic) bond motifs is 1. The van der Waals surface area contributed by atoms with Crippen molar-refractivity contribution in [3.63, 3.8) is 0 Å². The van der Waals surface area contributed by atoms with Crippen LogP contribution in [0.1, 0.15) is 40.6 Å². The number of hydrogen-bond donors (Lipinski definition) is 1. The minimum atomic E-state index is -4.34. The zero-order valence-electron chi connectivity index (χ0n) is 13.5. The first kappa shape index (κ1) is 17.2. The van der Waals surface area contributed by atoms with Crippen molar-refractivity contribution in [2.75, 3.05) is 7.11 Å². The number of halogens is 3. The van der Waals surface area contributed by atoms with Crippen LogP contribution in [0.3, 0.4) is 0 Å². The van der Waals surface area contributed by atoms with Crippen molar-refractivity contribution < 1.29 is 22.7 Å². The van der Waals surface area contributed by atoms with Gasteiger partial charge in [0.05, 0.1) is 18.8 Å². The van der Waals surface area contributed by atoms with Gasteiger partial charge in [-0.05, 0) is 30.9 Å². The van der Waals surface area contributed by atoms with Crippen molar-refractivity contribution in [3.05, 3.63) is 41.3 Å². The molecule has 0 fully saturated rings. The van der Waals surface area contributed by atoms with Crippen LogP contribution < -0.4 is 10.1 Å². The molecule has 1 aliphatic rings. The summed E-state index contributed by atoms with van der Waals surface area (Å²) >= 11 is 0. The largest absolute Gasteiger partial charge is 0.481 e. The highest BCUT2D eigenvalue weighted by Gasteiger charge is 2.31. The van der Waals surface area contributed by atoms with Gasteiger partial charge in [0.1, 0.15) is 12.2 Å². The summed E-state index contributed by atoms with van der Waals surface area (Å²) in [4.78, 5) is 16.4. The fraction of sp³-hybridized carbons (Fsp3) is 0.438. The SMILES string of the molecule is COc1cccc(C(=O)N[C@@H]2CCCc3cn(CC(F)(F)F)nc32)n1. The average Bonchev–Trinajstić information content (AvgIpc) is 2.96. The molecular formula is C16H17F3N4O2. The summed E-state index contributed by atoms with van der Waals surface area (Å²) in [5, 5.41) is 6.84. The molecule has 1 N–H and O–H groups in total. The van der Waals surface area contributed by atoms with Crippen LogP contribution in [0.15, 0.2) is 24.4 Å². The number of nitrogens with zero attached hydrogens (tertiary/aromatic N) is 3. The lowest BCUT2D eigenvalue weighted by atomic mass is 9.93. The Morgan fingerprint density at radius 1 is 1.44 bits per heavy atom. The van der Waals surface area contributed by atoms with Gasteiger partial charge >= 0.3 is 6.18 Å². The molecule has 1 amide bonds. The third-order valence-corrected chi connectivity index (χ3v) is 3.95. The molecule has 2 aromatic rings. The molecule has 2 aromatic heterocycles. The van der Waals surface area contributed by atoms with Crippen LogP contribution in [0.4, 0.5) is 13.2 Å². The van der Waals surface area contributed by atoms with Crippen LogP contribution in [0.5, 0.6) is 5.88 Å². The highest BCUT2D eigenvalue weighted by molar-refractivity contribution is 5.92. The molecule has 3 rings (SSSR count). The van der Waals surface area contributed by atoms with Crippen molar-refractivity contribution >= 4 is 5.91 Å². The van der Waals surface area contributed by atoms with E-state index in [9.17, 15) is 18.0 Å². The van der Waals surface area contributed by atoms with E-state index in [4.69, 9.17) is 4.74 Å². The Hall–Kier alpha value is -2.58. The molecule has 0 spiro atoms. The van der Waals surface area contributed by atoms with Gasteiger partial charge in [0, 0.05) is 12.3 Å². The molecule has 6 nitrogen and oxygen atoms in total. The highest BCUT2D eigenvalue weighted by atomic mass is 19.4. The molecule has 0 unspecified atom stereocenters. The molecule has 1 aliphatic carbocycles. The average molecular weight is 354 g/mol. The minimum Gasteiger partial charge on any atom is -0.481 e. The second-order valence-electron chi connectivity index (χ2n) is 5.84. The summed E-state index contributed by atoms with van der Waals surface area (Å²) in [6, 6.07) is 4.38. The number of ether oxygens (including phenoxy) is 1. The third kappa shape index (κ3) is 4.09. The van der Waals surface area contributed by atoms with Crippen LogP contribution in [0.2, 0.25) is 0 Å². The van der Waals surface area contributed by atoms with Crippen molar-refractivity contribution in [2.45, 2.75) is 38.0 Å². The molecule has 9 heteroatoms. The van der Waals surface area contributed by atoms with E-state index in [0.717, 1.165) is 16.7 Å². The lowest BCUT2D eigenvalue weighted by Gasteiger charge is -2.22. The van der Waals surface area contributed by atoms with Gasteiger partial charge in [0.15, 0.2) is 0 Å². The second-order valence-corrected chi connectivity index (χ2v) is 5.84. The standard InChI is InChI=1S/C16H17F3N4O2/c1-25-13-7-3-6-12(20-13)15(24)21-11-5-2-4-10-8-23(22-14(10)11)9-16(17,18)19/h3,6-8,11H,2,4-5,9H2,1H3,(H,21,24)/t11-/m1/s1. The number of rotatable bonds is 4. The Bertz CT molecular complexity index is 773. The summed E-state index contributed by atoms with van der Waals surface area (Å²) in [7, 11) is 1.45. The molecule has 1 atom stereocenters. The van der Waals surface area contributed by atoms with E-state index in [1.54, 1.807) is 18.2 Å². The summed E-state index contributed by atoms with van der Waals surface area (Å²) in [6.45, 7) is -1.14. The minimum absolute atomic E-state index is 0.182. The molecule has 2 heterocycles. The van der Waals surface area contributed by atoms with Gasteiger partial charge in [-0.2, -0.15) is 18.3 Å². The molecule has 0 aromatic carbocycles. The summed E-state index contributed by atoms with van der Waals surface area (Å²) < 4.78 is 43.5. The highest BCUT2D eigenvalue weighted by Crippen LogP contribution is 2.29. The van der Waals surface area contributed by atoms with Crippen LogP contribution in [-0.2, 0) is 13.0 Å². The Labute approximate surface area is 142 Å². The first-order valence-corrected chi connectivity index (χ1v) is 7.80. The number of aryl methyl sites for hydroxylation is 1. The van der Waals surface area contributed by atoms with Gasteiger partial charge in [-0.15, -0.1) is 0 Å². The first-order chi connectivity index (χ1) is 11.9. The van der Waals surface area contributed by atoms with Crippen LogP contribution in [0.25, 0.3) is 0 Å². The van der Waals surface area contributed by atoms with Crippen molar-refractivity contribution in [1.82, 2.24) is 20.1 Å². The number of methoxy groups -OCH3 is 1. The van der Waals surface area contributed by atoms with Crippen molar-refractivity contribution in [2.24, 2.45) is 0 Å². The predicted molar refractivity (Wildman–Crippen MR) is 82.2 cm³/mol. The second kappa shape index (κ2) is 6.73. The van der Waals surface area contributed by atoms with E-state index in [1.165, 1.54) is 13.3 Å². The molecule has 0 radical (unpaired) electrons. The van der Waals surface area contributed by atoms with Crippen LogP contribution in [0, 0.1) is 0 Å². The number of nitrogens with one attached hydrogen (secondary N) is 1. The lowest BCUT2D eigenvalue weighted by molar-refractivity contribution is -0.142. The zero-order valence-corrected chi connectivity index (χ0v) is 13.5. The number of pyridine rings is 1. The molecule has 134 valence electrons. The maximum atomic E-state index is 12.6. The number of amides is 1. The quantitative estimate of drug-likeness (QED) is 0.917. The molecule has 0 saturated heterocycles. The van der Waals surface area contributed by atoms with E-state index in [2.05, 4.69) is 15.4 Å². The van der Waals surface area contributed by atoms with Crippen LogP contribution >= 0.6 is 0 Å². The monoisotopic (exact) mass is 354 g/mol. The number of hydrogen-bond acceptors (Lipinski definition) is 4. The fourth-order valence-electron chi connectivity index (χ4n) is 2.89. The fourth-order valence-corrected chi connectivity index (χ4v) is 2.89. The maximum Gasteiger partial charge on any atom is 0.408 e. The van der Waals surface area contributed by atoms with Crippen LogP contribution in [-0.4, -0.2) is 34.0 Å². The Balaban J connectivity index is 1.77. The van der Waals surface area contributed by atoms with Gasteiger partial charge in [-0.3, -0.25) is 9.48 Å². The number of aromatic nitrogens is 3. The van der Waals surface area contributed by atoms with E-state index >= 15 is 0 Å². The predicted octanol–water partition coefficient (Wildman–Crippen LogP) is 2.66. The van der Waals surface area contributed by atoms with Gasteiger partial charge < -0.3 is 10.1 Å². The molecular weight excluding hydrogens is 337 g/mol. The van der Waals surface area contributed by atoms with Crippen molar-refractivity contribution in [3.8, 4) is 5.88 Å².